The summed E-state index contributed by atoms with van der Waals surface area (Å²) in [5.74, 6) is 1.87. The Bertz CT molecular complexity index is 534. The number of carbonyl (C=O) groups excluding carboxylic acids is 1. The van der Waals surface area contributed by atoms with Gasteiger partial charge in [-0.05, 0) is 43.3 Å². The highest BCUT2D eigenvalue weighted by atomic mass is 16.5. The second kappa shape index (κ2) is 6.65. The van der Waals surface area contributed by atoms with Crippen LogP contribution in [0, 0.1) is 0 Å². The summed E-state index contributed by atoms with van der Waals surface area (Å²) in [4.78, 5) is 11.9. The number of rotatable bonds is 6. The summed E-state index contributed by atoms with van der Waals surface area (Å²) < 4.78 is 15.7. The van der Waals surface area contributed by atoms with Gasteiger partial charge in [0, 0.05) is 0 Å². The molecule has 1 amide bonds. The summed E-state index contributed by atoms with van der Waals surface area (Å²) >= 11 is 0. The van der Waals surface area contributed by atoms with E-state index in [1.165, 1.54) is 0 Å². The maximum atomic E-state index is 11.9. The predicted molar refractivity (Wildman–Crippen MR) is 73.6 cm³/mol. The van der Waals surface area contributed by atoms with E-state index in [0.29, 0.717) is 18.1 Å². The fourth-order valence-corrected chi connectivity index (χ4v) is 1.64. The van der Waals surface area contributed by atoms with Gasteiger partial charge in [-0.2, -0.15) is 0 Å². The molecule has 5 heteroatoms. The zero-order valence-electron chi connectivity index (χ0n) is 11.5. The number of hydrogen-bond donors (Lipinski definition) is 1. The lowest BCUT2D eigenvalue weighted by molar-refractivity contribution is -0.127. The number of amides is 1. The van der Waals surface area contributed by atoms with E-state index in [9.17, 15) is 4.79 Å². The monoisotopic (exact) mass is 275 g/mol. The Hall–Kier alpha value is -2.43. The Morgan fingerprint density at radius 1 is 1.25 bits per heavy atom. The first-order valence-electron chi connectivity index (χ1n) is 6.30. The molecule has 0 fully saturated rings. The molecule has 20 heavy (non-hydrogen) atoms. The van der Waals surface area contributed by atoms with Crippen molar-refractivity contribution in [1.29, 1.82) is 0 Å². The third-order valence-electron chi connectivity index (χ3n) is 2.76. The molecule has 1 atom stereocenters. The maximum absolute atomic E-state index is 11.9. The lowest BCUT2D eigenvalue weighted by atomic mass is 10.3. The van der Waals surface area contributed by atoms with E-state index in [0.717, 1.165) is 5.75 Å². The van der Waals surface area contributed by atoms with Crippen molar-refractivity contribution >= 4 is 5.91 Å². The van der Waals surface area contributed by atoms with E-state index in [1.54, 1.807) is 56.7 Å². The van der Waals surface area contributed by atoms with Crippen LogP contribution in [0.2, 0.25) is 0 Å². The summed E-state index contributed by atoms with van der Waals surface area (Å²) in [5.41, 5.74) is 0. The first kappa shape index (κ1) is 14.0. The minimum Gasteiger partial charge on any atom is -0.497 e. The molecule has 0 spiro atoms. The number of hydrogen-bond acceptors (Lipinski definition) is 4. The summed E-state index contributed by atoms with van der Waals surface area (Å²) in [7, 11) is 1.60. The highest BCUT2D eigenvalue weighted by molar-refractivity contribution is 5.80. The number of methoxy groups -OCH3 is 1. The van der Waals surface area contributed by atoms with E-state index in [1.807, 2.05) is 0 Å². The van der Waals surface area contributed by atoms with Crippen molar-refractivity contribution in [3.05, 3.63) is 48.4 Å². The van der Waals surface area contributed by atoms with Crippen LogP contribution in [0.25, 0.3) is 0 Å². The van der Waals surface area contributed by atoms with Crippen LogP contribution in [0.1, 0.15) is 12.7 Å². The van der Waals surface area contributed by atoms with Gasteiger partial charge in [0.05, 0.1) is 19.9 Å². The molecule has 2 aromatic rings. The molecule has 1 unspecified atom stereocenters. The molecule has 0 saturated carbocycles. The molecule has 1 heterocycles. The summed E-state index contributed by atoms with van der Waals surface area (Å²) in [6, 6.07) is 10.7. The number of nitrogens with one attached hydrogen (secondary N) is 1. The third kappa shape index (κ3) is 3.78. The molecular weight excluding hydrogens is 258 g/mol. The molecule has 1 aromatic carbocycles. The van der Waals surface area contributed by atoms with Crippen molar-refractivity contribution in [2.75, 3.05) is 7.11 Å². The molecular formula is C15H17NO4. The lowest BCUT2D eigenvalue weighted by Crippen LogP contribution is -2.35. The number of benzene rings is 1. The van der Waals surface area contributed by atoms with Crippen molar-refractivity contribution in [3.63, 3.8) is 0 Å². The second-order valence-corrected chi connectivity index (χ2v) is 4.23. The maximum Gasteiger partial charge on any atom is 0.261 e. The molecule has 5 nitrogen and oxygen atoms in total. The van der Waals surface area contributed by atoms with Crippen LogP contribution >= 0.6 is 0 Å². The average Bonchev–Trinajstić information content (AvgIpc) is 2.98. The van der Waals surface area contributed by atoms with Crippen molar-refractivity contribution in [2.45, 2.75) is 19.6 Å². The molecule has 0 radical (unpaired) electrons. The Labute approximate surface area is 117 Å². The summed E-state index contributed by atoms with van der Waals surface area (Å²) in [6.07, 6.45) is 0.983. The van der Waals surface area contributed by atoms with Gasteiger partial charge >= 0.3 is 0 Å². The van der Waals surface area contributed by atoms with E-state index < -0.39 is 6.10 Å². The number of carbonyl (C=O) groups is 1. The quantitative estimate of drug-likeness (QED) is 0.879. The van der Waals surface area contributed by atoms with Crippen LogP contribution < -0.4 is 14.8 Å². The van der Waals surface area contributed by atoms with E-state index >= 15 is 0 Å². The molecule has 0 aliphatic heterocycles. The van der Waals surface area contributed by atoms with Crippen LogP contribution in [0.4, 0.5) is 0 Å². The fraction of sp³-hybridized carbons (Fsp3) is 0.267. The Morgan fingerprint density at radius 3 is 2.55 bits per heavy atom. The van der Waals surface area contributed by atoms with Gasteiger partial charge in [0.1, 0.15) is 17.3 Å². The van der Waals surface area contributed by atoms with Gasteiger partial charge in [-0.3, -0.25) is 4.79 Å². The Balaban J connectivity index is 1.83. The van der Waals surface area contributed by atoms with Crippen LogP contribution in [0.15, 0.2) is 47.1 Å². The molecule has 106 valence electrons. The van der Waals surface area contributed by atoms with Gasteiger partial charge in [0.2, 0.25) is 0 Å². The van der Waals surface area contributed by atoms with Gasteiger partial charge in [0.15, 0.2) is 6.10 Å². The van der Waals surface area contributed by atoms with Gasteiger partial charge in [0.25, 0.3) is 5.91 Å². The zero-order valence-corrected chi connectivity index (χ0v) is 11.5. The largest absolute Gasteiger partial charge is 0.497 e. The third-order valence-corrected chi connectivity index (χ3v) is 2.76. The van der Waals surface area contributed by atoms with Gasteiger partial charge in [-0.1, -0.05) is 0 Å². The van der Waals surface area contributed by atoms with E-state index in [4.69, 9.17) is 13.9 Å². The molecule has 1 aromatic heterocycles. The standard InChI is InChI=1S/C15H17NO4/c1-11(15(17)16-10-14-4-3-9-19-14)20-13-7-5-12(18-2)6-8-13/h3-9,11H,10H2,1-2H3,(H,16,17). The van der Waals surface area contributed by atoms with E-state index in [2.05, 4.69) is 5.32 Å². The second-order valence-electron chi connectivity index (χ2n) is 4.23. The highest BCUT2D eigenvalue weighted by Gasteiger charge is 2.14. The summed E-state index contributed by atoms with van der Waals surface area (Å²) in [6.45, 7) is 2.05. The molecule has 0 bridgehead atoms. The Morgan fingerprint density at radius 2 is 1.95 bits per heavy atom. The fourth-order valence-electron chi connectivity index (χ4n) is 1.64. The first-order valence-corrected chi connectivity index (χ1v) is 6.30. The van der Waals surface area contributed by atoms with Gasteiger partial charge in [-0.25, -0.2) is 0 Å². The van der Waals surface area contributed by atoms with E-state index in [-0.39, 0.29) is 5.91 Å². The normalized spacial score (nSPS) is 11.7. The van der Waals surface area contributed by atoms with Crippen molar-refractivity contribution in [1.82, 2.24) is 5.32 Å². The minimum atomic E-state index is -0.585. The number of ether oxygens (including phenoxy) is 2. The van der Waals surface area contributed by atoms with Crippen LogP contribution in [-0.4, -0.2) is 19.1 Å². The average molecular weight is 275 g/mol. The van der Waals surface area contributed by atoms with Crippen LogP contribution in [0.3, 0.4) is 0 Å². The van der Waals surface area contributed by atoms with Crippen LogP contribution in [0.5, 0.6) is 11.5 Å². The smallest absolute Gasteiger partial charge is 0.261 e. The topological polar surface area (TPSA) is 60.7 Å². The Kier molecular flexibility index (Phi) is 4.65. The molecule has 0 saturated heterocycles. The zero-order chi connectivity index (χ0) is 14.4. The van der Waals surface area contributed by atoms with Crippen molar-refractivity contribution in [2.24, 2.45) is 0 Å². The lowest BCUT2D eigenvalue weighted by Gasteiger charge is -2.14. The minimum absolute atomic E-state index is 0.197. The molecule has 1 N–H and O–H groups in total. The SMILES string of the molecule is COc1ccc(OC(C)C(=O)NCc2ccco2)cc1. The molecule has 0 aliphatic rings. The van der Waals surface area contributed by atoms with Crippen molar-refractivity contribution < 1.29 is 18.7 Å². The first-order chi connectivity index (χ1) is 9.69. The molecule has 2 rings (SSSR count). The van der Waals surface area contributed by atoms with Gasteiger partial charge < -0.3 is 19.2 Å². The highest BCUT2D eigenvalue weighted by Crippen LogP contribution is 2.18. The van der Waals surface area contributed by atoms with Crippen LogP contribution in [-0.2, 0) is 11.3 Å². The summed E-state index contributed by atoms with van der Waals surface area (Å²) in [5, 5.41) is 2.75. The number of furan rings is 1. The van der Waals surface area contributed by atoms with Gasteiger partial charge in [-0.15, -0.1) is 0 Å². The van der Waals surface area contributed by atoms with Crippen molar-refractivity contribution in [3.8, 4) is 11.5 Å². The molecule has 0 aliphatic carbocycles. The predicted octanol–water partition coefficient (Wildman–Crippen LogP) is 2.37.